The van der Waals surface area contributed by atoms with Crippen LogP contribution in [0.3, 0.4) is 0 Å². The Kier molecular flexibility index (Phi) is 6.45. The van der Waals surface area contributed by atoms with Crippen molar-refractivity contribution >= 4 is 5.91 Å². The molecule has 0 radical (unpaired) electrons. The van der Waals surface area contributed by atoms with E-state index in [1.807, 2.05) is 0 Å². The summed E-state index contributed by atoms with van der Waals surface area (Å²) in [7, 11) is 7.85. The third-order valence-electron chi connectivity index (χ3n) is 2.88. The standard InChI is InChI=1S/C15H25N3O3/c1-18(2,3)9-10-21-12-5-6-13(14(11-12)20-4)15(19)17-8-7-16/h5-6,11H,7-10,16H2,1-4H3/p+1. The molecule has 118 valence electrons. The average Bonchev–Trinajstić information content (AvgIpc) is 2.43. The molecule has 0 heterocycles. The van der Waals surface area contributed by atoms with Crippen molar-refractivity contribution in [3.63, 3.8) is 0 Å². The predicted octanol–water partition coefficient (Wildman–Crippen LogP) is 0.469. The quantitative estimate of drug-likeness (QED) is 0.684. The third kappa shape index (κ3) is 6.01. The van der Waals surface area contributed by atoms with Crippen LogP contribution in [0.1, 0.15) is 10.4 Å². The molecule has 0 unspecified atom stereocenters. The molecule has 0 aliphatic rings. The molecular formula is C15H26N3O3+. The lowest BCUT2D eigenvalue weighted by Crippen LogP contribution is -2.38. The summed E-state index contributed by atoms with van der Waals surface area (Å²) < 4.78 is 11.8. The summed E-state index contributed by atoms with van der Waals surface area (Å²) in [5, 5.41) is 2.72. The molecule has 6 nitrogen and oxygen atoms in total. The van der Waals surface area contributed by atoms with Crippen molar-refractivity contribution < 1.29 is 18.8 Å². The van der Waals surface area contributed by atoms with Crippen molar-refractivity contribution in [3.05, 3.63) is 23.8 Å². The van der Waals surface area contributed by atoms with Crippen LogP contribution in [0.2, 0.25) is 0 Å². The molecule has 0 spiro atoms. The molecule has 6 heteroatoms. The van der Waals surface area contributed by atoms with Gasteiger partial charge in [-0.2, -0.15) is 0 Å². The van der Waals surface area contributed by atoms with Gasteiger partial charge in [0.15, 0.2) is 0 Å². The van der Waals surface area contributed by atoms with Crippen LogP contribution in [0.5, 0.6) is 11.5 Å². The number of amides is 1. The Morgan fingerprint density at radius 2 is 2.05 bits per heavy atom. The summed E-state index contributed by atoms with van der Waals surface area (Å²) in [4.78, 5) is 12.0. The van der Waals surface area contributed by atoms with Gasteiger partial charge in [0.2, 0.25) is 0 Å². The number of ether oxygens (including phenoxy) is 2. The second-order valence-electron chi connectivity index (χ2n) is 5.77. The molecule has 0 bridgehead atoms. The number of nitrogens with zero attached hydrogens (tertiary/aromatic N) is 1. The Bertz CT molecular complexity index is 470. The highest BCUT2D eigenvalue weighted by atomic mass is 16.5. The lowest BCUT2D eigenvalue weighted by Gasteiger charge is -2.23. The first-order valence-corrected chi connectivity index (χ1v) is 6.97. The monoisotopic (exact) mass is 296 g/mol. The number of hydrogen-bond donors (Lipinski definition) is 2. The first kappa shape index (κ1) is 17.3. The summed E-state index contributed by atoms with van der Waals surface area (Å²) in [6.45, 7) is 2.33. The molecule has 0 saturated carbocycles. The van der Waals surface area contributed by atoms with Crippen LogP contribution in [0.15, 0.2) is 18.2 Å². The van der Waals surface area contributed by atoms with Gasteiger partial charge in [-0.05, 0) is 12.1 Å². The zero-order valence-electron chi connectivity index (χ0n) is 13.3. The smallest absolute Gasteiger partial charge is 0.255 e. The van der Waals surface area contributed by atoms with Gasteiger partial charge >= 0.3 is 0 Å². The second-order valence-corrected chi connectivity index (χ2v) is 5.77. The topological polar surface area (TPSA) is 73.6 Å². The first-order chi connectivity index (χ1) is 9.87. The van der Waals surface area contributed by atoms with E-state index in [0.29, 0.717) is 36.8 Å². The molecule has 1 rings (SSSR count). The molecule has 0 aliphatic heterocycles. The number of methoxy groups -OCH3 is 1. The number of rotatable bonds is 8. The number of benzene rings is 1. The lowest BCUT2D eigenvalue weighted by atomic mass is 10.1. The van der Waals surface area contributed by atoms with Crippen LogP contribution in [-0.2, 0) is 0 Å². The summed E-state index contributed by atoms with van der Waals surface area (Å²) in [5.41, 5.74) is 5.85. The SMILES string of the molecule is COc1cc(OCC[N+](C)(C)C)ccc1C(=O)NCCN. The summed E-state index contributed by atoms with van der Waals surface area (Å²) in [6, 6.07) is 5.20. The molecule has 1 amide bonds. The Labute approximate surface area is 126 Å². The van der Waals surface area contributed by atoms with E-state index in [0.717, 1.165) is 11.0 Å². The minimum atomic E-state index is -0.199. The van der Waals surface area contributed by atoms with Gasteiger partial charge in [0.05, 0.1) is 33.8 Å². The van der Waals surface area contributed by atoms with E-state index in [-0.39, 0.29) is 5.91 Å². The number of quaternary nitrogens is 1. The third-order valence-corrected chi connectivity index (χ3v) is 2.88. The molecule has 0 atom stereocenters. The van der Waals surface area contributed by atoms with Gasteiger partial charge in [-0.15, -0.1) is 0 Å². The Hall–Kier alpha value is -1.79. The molecule has 1 aromatic carbocycles. The highest BCUT2D eigenvalue weighted by Gasteiger charge is 2.13. The number of likely N-dealkylation sites (N-methyl/N-ethyl adjacent to an activating group) is 1. The van der Waals surface area contributed by atoms with E-state index in [2.05, 4.69) is 26.5 Å². The number of carbonyl (C=O) groups is 1. The minimum Gasteiger partial charge on any atom is -0.496 e. The molecule has 0 saturated heterocycles. The fraction of sp³-hybridized carbons (Fsp3) is 0.533. The van der Waals surface area contributed by atoms with Gasteiger partial charge in [-0.1, -0.05) is 0 Å². The van der Waals surface area contributed by atoms with Crippen molar-refractivity contribution in [3.8, 4) is 11.5 Å². The van der Waals surface area contributed by atoms with Gasteiger partial charge in [-0.25, -0.2) is 0 Å². The maximum absolute atomic E-state index is 12.0. The fourth-order valence-electron chi connectivity index (χ4n) is 1.67. The molecule has 0 aromatic heterocycles. The van der Waals surface area contributed by atoms with Crippen LogP contribution in [0.25, 0.3) is 0 Å². The van der Waals surface area contributed by atoms with E-state index < -0.39 is 0 Å². The van der Waals surface area contributed by atoms with Crippen LogP contribution >= 0.6 is 0 Å². The Morgan fingerprint density at radius 1 is 1.33 bits per heavy atom. The van der Waals surface area contributed by atoms with Gasteiger partial charge in [0.25, 0.3) is 5.91 Å². The zero-order chi connectivity index (χ0) is 15.9. The fourth-order valence-corrected chi connectivity index (χ4v) is 1.67. The van der Waals surface area contributed by atoms with Crippen molar-refractivity contribution in [1.82, 2.24) is 5.32 Å². The van der Waals surface area contributed by atoms with Gasteiger partial charge in [-0.3, -0.25) is 4.79 Å². The number of nitrogens with one attached hydrogen (secondary N) is 1. The summed E-state index contributed by atoms with van der Waals surface area (Å²) in [6.07, 6.45) is 0. The van der Waals surface area contributed by atoms with Gasteiger partial charge in [0, 0.05) is 19.2 Å². The number of hydrogen-bond acceptors (Lipinski definition) is 4. The van der Waals surface area contributed by atoms with Crippen molar-refractivity contribution in [2.24, 2.45) is 5.73 Å². The zero-order valence-corrected chi connectivity index (χ0v) is 13.3. The molecular weight excluding hydrogens is 270 g/mol. The number of carbonyl (C=O) groups excluding carboxylic acids is 1. The second kappa shape index (κ2) is 7.85. The highest BCUT2D eigenvalue weighted by molar-refractivity contribution is 5.97. The summed E-state index contributed by atoms with van der Waals surface area (Å²) in [5.74, 6) is 0.984. The Morgan fingerprint density at radius 3 is 2.62 bits per heavy atom. The maximum atomic E-state index is 12.0. The van der Waals surface area contributed by atoms with Crippen molar-refractivity contribution in [2.75, 3.05) is 54.5 Å². The molecule has 21 heavy (non-hydrogen) atoms. The van der Waals surface area contributed by atoms with Crippen LogP contribution in [-0.4, -0.2) is 64.9 Å². The van der Waals surface area contributed by atoms with E-state index in [4.69, 9.17) is 15.2 Å². The van der Waals surface area contributed by atoms with Gasteiger partial charge in [0.1, 0.15) is 24.7 Å². The van der Waals surface area contributed by atoms with Crippen LogP contribution < -0.4 is 20.5 Å². The normalized spacial score (nSPS) is 11.1. The van der Waals surface area contributed by atoms with Crippen molar-refractivity contribution in [2.45, 2.75) is 0 Å². The first-order valence-electron chi connectivity index (χ1n) is 6.97. The van der Waals surface area contributed by atoms with E-state index in [1.54, 1.807) is 18.2 Å². The van der Waals surface area contributed by atoms with Crippen LogP contribution in [0.4, 0.5) is 0 Å². The van der Waals surface area contributed by atoms with Crippen LogP contribution in [0, 0.1) is 0 Å². The van der Waals surface area contributed by atoms with Gasteiger partial charge < -0.3 is 25.0 Å². The van der Waals surface area contributed by atoms with E-state index >= 15 is 0 Å². The minimum absolute atomic E-state index is 0.199. The molecule has 1 aromatic rings. The van der Waals surface area contributed by atoms with Crippen molar-refractivity contribution in [1.29, 1.82) is 0 Å². The highest BCUT2D eigenvalue weighted by Crippen LogP contribution is 2.24. The lowest BCUT2D eigenvalue weighted by molar-refractivity contribution is -0.870. The van der Waals surface area contributed by atoms with E-state index in [1.165, 1.54) is 7.11 Å². The largest absolute Gasteiger partial charge is 0.496 e. The van der Waals surface area contributed by atoms with E-state index in [9.17, 15) is 4.79 Å². The molecule has 0 aliphatic carbocycles. The predicted molar refractivity (Wildman–Crippen MR) is 82.8 cm³/mol. The number of nitrogens with two attached hydrogens (primary N) is 1. The molecule has 0 fully saturated rings. The maximum Gasteiger partial charge on any atom is 0.255 e. The Balaban J connectivity index is 2.72. The average molecular weight is 296 g/mol. The summed E-state index contributed by atoms with van der Waals surface area (Å²) >= 11 is 0. The molecule has 3 N–H and O–H groups in total.